The third-order valence-electron chi connectivity index (χ3n) is 4.02. The molecule has 0 saturated carbocycles. The first-order valence-corrected chi connectivity index (χ1v) is 7.19. The molecule has 6 nitrogen and oxygen atoms in total. The van der Waals surface area contributed by atoms with Crippen molar-refractivity contribution in [2.45, 2.75) is 18.4 Å². The highest BCUT2D eigenvalue weighted by molar-refractivity contribution is 5.91. The Bertz CT molecular complexity index is 560. The molecule has 2 aliphatic heterocycles. The van der Waals surface area contributed by atoms with Gasteiger partial charge in [-0.15, -0.1) is 12.4 Å². The fraction of sp³-hybridized carbons (Fsp3) is 0.571. The maximum absolute atomic E-state index is 13.2. The smallest absolute Gasteiger partial charge is 0.289 e. The molecule has 1 aromatic rings. The highest BCUT2D eigenvalue weighted by Gasteiger charge is 2.44. The van der Waals surface area contributed by atoms with Crippen molar-refractivity contribution in [1.29, 1.82) is 0 Å². The molecule has 3 heterocycles. The molecule has 1 aromatic heterocycles. The van der Waals surface area contributed by atoms with Crippen LogP contribution in [0.5, 0.6) is 0 Å². The second-order valence-corrected chi connectivity index (χ2v) is 5.59. The fourth-order valence-corrected chi connectivity index (χ4v) is 2.80. The Balaban J connectivity index is 0.00000192. The Hall–Kier alpha value is -1.67. The summed E-state index contributed by atoms with van der Waals surface area (Å²) >= 11 is 0. The summed E-state index contributed by atoms with van der Waals surface area (Å²) in [6.07, 6.45) is 0.969. The number of rotatable bonds is 2. The van der Waals surface area contributed by atoms with Crippen molar-refractivity contribution in [3.8, 4) is 0 Å². The molecule has 1 unspecified atom stereocenters. The SMILES string of the molecule is Cl.O=C(c1ccco1)N1CCN(C(=O)C2CC(F)(F)CN2)CC1. The zero-order chi connectivity index (χ0) is 15.7. The number of hydrogen-bond donors (Lipinski definition) is 1. The number of carbonyl (C=O) groups excluding carboxylic acids is 2. The first kappa shape index (κ1) is 17.7. The van der Waals surface area contributed by atoms with Gasteiger partial charge in [-0.1, -0.05) is 0 Å². The zero-order valence-corrected chi connectivity index (χ0v) is 13.2. The molecule has 2 amide bonds. The monoisotopic (exact) mass is 349 g/mol. The summed E-state index contributed by atoms with van der Waals surface area (Å²) < 4.78 is 31.4. The molecule has 2 fully saturated rings. The minimum absolute atomic E-state index is 0. The average molecular weight is 350 g/mol. The van der Waals surface area contributed by atoms with Gasteiger partial charge in [-0.25, -0.2) is 8.78 Å². The normalized spacial score (nSPS) is 23.5. The van der Waals surface area contributed by atoms with E-state index >= 15 is 0 Å². The lowest BCUT2D eigenvalue weighted by Crippen LogP contribution is -2.54. The van der Waals surface area contributed by atoms with Crippen LogP contribution in [-0.2, 0) is 4.79 Å². The summed E-state index contributed by atoms with van der Waals surface area (Å²) in [6.45, 7) is 0.965. The molecular weight excluding hydrogens is 332 g/mol. The molecule has 0 bridgehead atoms. The van der Waals surface area contributed by atoms with Gasteiger partial charge in [-0.2, -0.15) is 0 Å². The number of piperazine rings is 1. The van der Waals surface area contributed by atoms with Crippen LogP contribution in [0.25, 0.3) is 0 Å². The van der Waals surface area contributed by atoms with Crippen LogP contribution in [0, 0.1) is 0 Å². The molecule has 0 radical (unpaired) electrons. The van der Waals surface area contributed by atoms with Crippen LogP contribution < -0.4 is 5.32 Å². The highest BCUT2D eigenvalue weighted by Crippen LogP contribution is 2.26. The van der Waals surface area contributed by atoms with Gasteiger partial charge in [0, 0.05) is 32.6 Å². The fourth-order valence-electron chi connectivity index (χ4n) is 2.80. The Morgan fingerprint density at radius 2 is 1.87 bits per heavy atom. The van der Waals surface area contributed by atoms with Crippen molar-refractivity contribution in [3.05, 3.63) is 24.2 Å². The van der Waals surface area contributed by atoms with E-state index in [0.29, 0.717) is 26.2 Å². The summed E-state index contributed by atoms with van der Waals surface area (Å²) in [4.78, 5) is 27.4. The summed E-state index contributed by atoms with van der Waals surface area (Å²) in [5.74, 6) is -3.10. The van der Waals surface area contributed by atoms with E-state index in [0.717, 1.165) is 0 Å². The maximum Gasteiger partial charge on any atom is 0.289 e. The summed E-state index contributed by atoms with van der Waals surface area (Å²) in [5, 5.41) is 2.56. The third-order valence-corrected chi connectivity index (χ3v) is 4.02. The topological polar surface area (TPSA) is 65.8 Å². The predicted octanol–water partition coefficient (Wildman–Crippen LogP) is 0.983. The van der Waals surface area contributed by atoms with Gasteiger partial charge in [0.15, 0.2) is 5.76 Å². The highest BCUT2D eigenvalue weighted by atomic mass is 35.5. The lowest BCUT2D eigenvalue weighted by atomic mass is 10.1. The Morgan fingerprint density at radius 3 is 2.39 bits per heavy atom. The summed E-state index contributed by atoms with van der Waals surface area (Å²) in [5.41, 5.74) is 0. The number of nitrogens with zero attached hydrogens (tertiary/aromatic N) is 2. The van der Waals surface area contributed by atoms with Crippen LogP contribution in [0.3, 0.4) is 0 Å². The van der Waals surface area contributed by atoms with Crippen LogP contribution in [0.15, 0.2) is 22.8 Å². The van der Waals surface area contributed by atoms with E-state index in [2.05, 4.69) is 5.32 Å². The number of amides is 2. The van der Waals surface area contributed by atoms with Gasteiger partial charge in [0.2, 0.25) is 5.91 Å². The Kier molecular flexibility index (Phi) is 5.26. The van der Waals surface area contributed by atoms with E-state index < -0.39 is 24.9 Å². The minimum atomic E-state index is -2.82. The van der Waals surface area contributed by atoms with Gasteiger partial charge in [0.05, 0.1) is 18.8 Å². The van der Waals surface area contributed by atoms with E-state index in [4.69, 9.17) is 4.42 Å². The lowest BCUT2D eigenvalue weighted by molar-refractivity contribution is -0.135. The number of furan rings is 1. The van der Waals surface area contributed by atoms with E-state index in [1.807, 2.05) is 0 Å². The van der Waals surface area contributed by atoms with Crippen molar-refractivity contribution in [3.63, 3.8) is 0 Å². The molecule has 128 valence electrons. The van der Waals surface area contributed by atoms with Gasteiger partial charge in [0.25, 0.3) is 11.8 Å². The molecule has 3 rings (SSSR count). The van der Waals surface area contributed by atoms with Gasteiger partial charge in [-0.05, 0) is 12.1 Å². The standard InChI is InChI=1S/C14H17F2N3O3.ClH/c15-14(16)8-10(17-9-14)12(20)18-3-5-19(6-4-18)13(21)11-2-1-7-22-11;/h1-2,7,10,17H,3-6,8-9H2;1H. The van der Waals surface area contributed by atoms with E-state index in [-0.39, 0.29) is 30.0 Å². The van der Waals surface area contributed by atoms with Crippen LogP contribution in [-0.4, -0.2) is 66.3 Å². The maximum atomic E-state index is 13.2. The zero-order valence-electron chi connectivity index (χ0n) is 12.3. The number of nitrogens with one attached hydrogen (secondary N) is 1. The number of halogens is 3. The molecule has 0 aliphatic carbocycles. The van der Waals surface area contributed by atoms with Crippen molar-refractivity contribution in [2.24, 2.45) is 0 Å². The molecule has 0 spiro atoms. The van der Waals surface area contributed by atoms with Crippen LogP contribution >= 0.6 is 12.4 Å². The molecule has 2 aliphatic rings. The van der Waals surface area contributed by atoms with E-state index in [1.54, 1.807) is 17.0 Å². The van der Waals surface area contributed by atoms with Crippen LogP contribution in [0.4, 0.5) is 8.78 Å². The quantitative estimate of drug-likeness (QED) is 0.864. The van der Waals surface area contributed by atoms with Crippen molar-refractivity contribution < 1.29 is 22.8 Å². The Labute approximate surface area is 138 Å². The van der Waals surface area contributed by atoms with Gasteiger partial charge in [-0.3, -0.25) is 14.9 Å². The van der Waals surface area contributed by atoms with Crippen molar-refractivity contribution in [1.82, 2.24) is 15.1 Å². The van der Waals surface area contributed by atoms with Gasteiger partial charge in [0.1, 0.15) is 0 Å². The number of alkyl halides is 2. The minimum Gasteiger partial charge on any atom is -0.459 e. The molecule has 9 heteroatoms. The van der Waals surface area contributed by atoms with Gasteiger partial charge < -0.3 is 14.2 Å². The largest absolute Gasteiger partial charge is 0.459 e. The second kappa shape index (κ2) is 6.84. The molecule has 23 heavy (non-hydrogen) atoms. The lowest BCUT2D eigenvalue weighted by Gasteiger charge is -2.35. The second-order valence-electron chi connectivity index (χ2n) is 5.59. The summed E-state index contributed by atoms with van der Waals surface area (Å²) in [7, 11) is 0. The summed E-state index contributed by atoms with van der Waals surface area (Å²) in [6, 6.07) is 2.39. The number of hydrogen-bond acceptors (Lipinski definition) is 4. The average Bonchev–Trinajstić information content (AvgIpc) is 3.15. The molecular formula is C14H18ClF2N3O3. The van der Waals surface area contributed by atoms with Gasteiger partial charge >= 0.3 is 0 Å². The van der Waals surface area contributed by atoms with Crippen molar-refractivity contribution >= 4 is 24.2 Å². The molecule has 0 aromatic carbocycles. The Morgan fingerprint density at radius 1 is 1.22 bits per heavy atom. The third kappa shape index (κ3) is 3.81. The first-order chi connectivity index (χ1) is 10.5. The molecule has 2 saturated heterocycles. The van der Waals surface area contributed by atoms with E-state index in [9.17, 15) is 18.4 Å². The van der Waals surface area contributed by atoms with Crippen LogP contribution in [0.1, 0.15) is 17.0 Å². The molecule has 1 atom stereocenters. The molecule has 1 N–H and O–H groups in total. The van der Waals surface area contributed by atoms with Crippen LogP contribution in [0.2, 0.25) is 0 Å². The van der Waals surface area contributed by atoms with E-state index in [1.165, 1.54) is 11.2 Å². The first-order valence-electron chi connectivity index (χ1n) is 7.19. The number of carbonyl (C=O) groups is 2. The predicted molar refractivity (Wildman–Crippen MR) is 79.8 cm³/mol. The van der Waals surface area contributed by atoms with Crippen molar-refractivity contribution in [2.75, 3.05) is 32.7 Å².